The van der Waals surface area contributed by atoms with Gasteiger partial charge in [0.1, 0.15) is 18.0 Å². The van der Waals surface area contributed by atoms with Crippen molar-refractivity contribution in [2.45, 2.75) is 26.3 Å². The minimum absolute atomic E-state index is 0. The Morgan fingerprint density at radius 2 is 2.36 bits per heavy atom. The van der Waals surface area contributed by atoms with Gasteiger partial charge in [0.15, 0.2) is 0 Å². The number of nitrogens with one attached hydrogen (secondary N) is 2. The minimum atomic E-state index is -0.358. The Labute approximate surface area is 129 Å². The van der Waals surface area contributed by atoms with Gasteiger partial charge in [0, 0.05) is 31.3 Å². The summed E-state index contributed by atoms with van der Waals surface area (Å²) in [6, 6.07) is 1.57. The first kappa shape index (κ1) is 14.2. The zero-order valence-corrected chi connectivity index (χ0v) is 12.6. The summed E-state index contributed by atoms with van der Waals surface area (Å²) in [5.74, 6) is -0.0361. The van der Waals surface area contributed by atoms with Gasteiger partial charge in [-0.2, -0.15) is 5.10 Å². The Kier molecular flexibility index (Phi) is 3.86. The minimum Gasteiger partial charge on any atom is -0.354 e. The second-order valence-corrected chi connectivity index (χ2v) is 5.14. The van der Waals surface area contributed by atoms with Gasteiger partial charge in [-0.3, -0.25) is 9.48 Å². The van der Waals surface area contributed by atoms with E-state index >= 15 is 0 Å². The van der Waals surface area contributed by atoms with Crippen LogP contribution in [0, 0.1) is 0 Å². The molecule has 3 aromatic rings. The zero-order valence-electron chi connectivity index (χ0n) is 12.6. The monoisotopic (exact) mass is 300 g/mol. The van der Waals surface area contributed by atoms with Gasteiger partial charge in [-0.25, -0.2) is 9.97 Å². The van der Waals surface area contributed by atoms with Crippen LogP contribution in [-0.2, 0) is 4.79 Å². The summed E-state index contributed by atoms with van der Waals surface area (Å²) in [7, 11) is 0. The molecule has 0 fully saturated rings. The van der Waals surface area contributed by atoms with Crippen molar-refractivity contribution in [2.75, 3.05) is 6.54 Å². The van der Waals surface area contributed by atoms with E-state index in [1.54, 1.807) is 10.9 Å². The maximum absolute atomic E-state index is 12.0. The predicted octanol–water partition coefficient (Wildman–Crippen LogP) is 2.15. The number of hydrogen-bond acceptors (Lipinski definition) is 4. The lowest BCUT2D eigenvalue weighted by atomic mass is 10.2. The number of carbonyl (C=O) groups is 1. The highest BCUT2D eigenvalue weighted by molar-refractivity contribution is 5.90. The maximum atomic E-state index is 12.0. The summed E-state index contributed by atoms with van der Waals surface area (Å²) < 4.78 is 1.65. The van der Waals surface area contributed by atoms with Crippen molar-refractivity contribution in [2.24, 2.45) is 0 Å². The molecule has 0 saturated heterocycles. The first-order valence-electron chi connectivity index (χ1n) is 7.31. The summed E-state index contributed by atoms with van der Waals surface area (Å²) in [4.78, 5) is 23.6. The topological polar surface area (TPSA) is 88.5 Å². The van der Waals surface area contributed by atoms with Gasteiger partial charge in [0.25, 0.3) is 0 Å². The molecule has 0 aliphatic heterocycles. The van der Waals surface area contributed by atoms with Gasteiger partial charge in [0.05, 0.1) is 11.9 Å². The molecule has 0 aliphatic rings. The fraction of sp³-hybridized carbons (Fsp3) is 0.333. The lowest BCUT2D eigenvalue weighted by molar-refractivity contribution is -0.124. The van der Waals surface area contributed by atoms with E-state index in [0.717, 1.165) is 28.7 Å². The van der Waals surface area contributed by atoms with E-state index in [9.17, 15) is 4.79 Å². The lowest BCUT2D eigenvalue weighted by Gasteiger charge is -2.11. The van der Waals surface area contributed by atoms with Crippen molar-refractivity contribution in [3.8, 4) is 11.3 Å². The molecule has 7 heteroatoms. The molecule has 1 amide bonds. The van der Waals surface area contributed by atoms with E-state index in [-0.39, 0.29) is 13.4 Å². The van der Waals surface area contributed by atoms with E-state index in [4.69, 9.17) is 0 Å². The molecule has 2 N–H and O–H groups in total. The highest BCUT2D eigenvalue weighted by Crippen LogP contribution is 2.24. The third kappa shape index (κ3) is 2.57. The molecule has 0 spiro atoms. The molecule has 0 aliphatic carbocycles. The number of rotatable bonds is 5. The van der Waals surface area contributed by atoms with Crippen molar-refractivity contribution >= 4 is 16.9 Å². The Hall–Kier alpha value is -2.70. The molecule has 22 heavy (non-hydrogen) atoms. The number of aromatic nitrogens is 5. The Morgan fingerprint density at radius 1 is 1.50 bits per heavy atom. The number of nitrogens with zero attached hydrogens (tertiary/aromatic N) is 4. The summed E-state index contributed by atoms with van der Waals surface area (Å²) in [6.45, 7) is 4.52. The molecule has 0 bridgehead atoms. The molecule has 1 atom stereocenters. The molecular formula is C15H20N6O. The molecule has 7 nitrogen and oxygen atoms in total. The van der Waals surface area contributed by atoms with Crippen LogP contribution in [0.3, 0.4) is 0 Å². The van der Waals surface area contributed by atoms with Gasteiger partial charge < -0.3 is 10.3 Å². The van der Waals surface area contributed by atoms with E-state index < -0.39 is 0 Å². The molecule has 3 aromatic heterocycles. The van der Waals surface area contributed by atoms with Gasteiger partial charge >= 0.3 is 0 Å². The Balaban J connectivity index is 0.00000192. The normalized spacial score (nSPS) is 12.5. The van der Waals surface area contributed by atoms with Crippen molar-refractivity contribution in [3.05, 3.63) is 31.0 Å². The first-order chi connectivity index (χ1) is 10.7. The van der Waals surface area contributed by atoms with Crippen LogP contribution in [0.1, 0.15) is 27.7 Å². The highest BCUT2D eigenvalue weighted by atomic mass is 16.2. The standard InChI is InChI=1S/C15H18N6O.H2/c1-3-5-17-15(22)10(2)21-8-11(7-20-21)13-12-4-6-16-14(12)19-9-18-13;/h4,6-10H,3,5H2,1-2H3,(H,17,22)(H,16,18,19);1H. The van der Waals surface area contributed by atoms with Gasteiger partial charge in [0.2, 0.25) is 5.91 Å². The quantitative estimate of drug-likeness (QED) is 0.755. The molecular weight excluding hydrogens is 280 g/mol. The third-order valence-electron chi connectivity index (χ3n) is 3.55. The number of fused-ring (bicyclic) bond motifs is 1. The second kappa shape index (κ2) is 5.97. The Morgan fingerprint density at radius 3 is 3.18 bits per heavy atom. The maximum Gasteiger partial charge on any atom is 0.244 e. The first-order valence-corrected chi connectivity index (χ1v) is 7.31. The molecule has 0 saturated carbocycles. The highest BCUT2D eigenvalue weighted by Gasteiger charge is 2.17. The summed E-state index contributed by atoms with van der Waals surface area (Å²) >= 11 is 0. The van der Waals surface area contributed by atoms with E-state index in [2.05, 4.69) is 25.4 Å². The fourth-order valence-electron chi connectivity index (χ4n) is 2.29. The average Bonchev–Trinajstić information content (AvgIpc) is 3.20. The SMILES string of the molecule is CCCNC(=O)C(C)n1cc(-c2ncnc3[nH]ccc23)cn1.[HH]. The fourth-order valence-corrected chi connectivity index (χ4v) is 2.29. The van der Waals surface area contributed by atoms with E-state index in [1.165, 1.54) is 6.33 Å². The zero-order chi connectivity index (χ0) is 15.5. The van der Waals surface area contributed by atoms with Crippen molar-refractivity contribution in [3.63, 3.8) is 0 Å². The number of carbonyl (C=O) groups excluding carboxylic acids is 1. The van der Waals surface area contributed by atoms with E-state index in [0.29, 0.717) is 6.54 Å². The Bertz CT molecular complexity index is 796. The third-order valence-corrected chi connectivity index (χ3v) is 3.55. The largest absolute Gasteiger partial charge is 0.354 e. The summed E-state index contributed by atoms with van der Waals surface area (Å²) in [5.41, 5.74) is 2.45. The predicted molar refractivity (Wildman–Crippen MR) is 85.2 cm³/mol. The van der Waals surface area contributed by atoms with Crippen LogP contribution in [0.5, 0.6) is 0 Å². The molecule has 0 aromatic carbocycles. The van der Waals surface area contributed by atoms with Gasteiger partial charge in [-0.1, -0.05) is 6.92 Å². The van der Waals surface area contributed by atoms with Crippen molar-refractivity contribution in [1.82, 2.24) is 30.0 Å². The number of aromatic amines is 1. The van der Waals surface area contributed by atoms with Crippen LogP contribution < -0.4 is 5.32 Å². The molecule has 3 rings (SSSR count). The lowest BCUT2D eigenvalue weighted by Crippen LogP contribution is -2.31. The van der Waals surface area contributed by atoms with Gasteiger partial charge in [-0.05, 0) is 19.4 Å². The van der Waals surface area contributed by atoms with Crippen LogP contribution in [0.2, 0.25) is 0 Å². The number of H-pyrrole nitrogens is 1. The molecule has 3 heterocycles. The smallest absolute Gasteiger partial charge is 0.244 e. The summed E-state index contributed by atoms with van der Waals surface area (Å²) in [5, 5.41) is 8.11. The average molecular weight is 300 g/mol. The molecule has 0 radical (unpaired) electrons. The van der Waals surface area contributed by atoms with Crippen molar-refractivity contribution < 1.29 is 6.22 Å². The van der Waals surface area contributed by atoms with Crippen LogP contribution in [0.4, 0.5) is 0 Å². The summed E-state index contributed by atoms with van der Waals surface area (Å²) in [6.07, 6.45) is 7.82. The van der Waals surface area contributed by atoms with Crippen LogP contribution in [-0.4, -0.2) is 37.2 Å². The number of amides is 1. The van der Waals surface area contributed by atoms with Crippen molar-refractivity contribution in [1.29, 1.82) is 0 Å². The van der Waals surface area contributed by atoms with Crippen LogP contribution >= 0.6 is 0 Å². The van der Waals surface area contributed by atoms with Crippen LogP contribution in [0.25, 0.3) is 22.3 Å². The van der Waals surface area contributed by atoms with E-state index in [1.807, 2.05) is 32.3 Å². The van der Waals surface area contributed by atoms with Crippen LogP contribution in [0.15, 0.2) is 31.0 Å². The molecule has 116 valence electrons. The van der Waals surface area contributed by atoms with Gasteiger partial charge in [-0.15, -0.1) is 0 Å². The number of hydrogen-bond donors (Lipinski definition) is 2. The molecule has 1 unspecified atom stereocenters. The second-order valence-electron chi connectivity index (χ2n) is 5.14.